The third-order valence-corrected chi connectivity index (χ3v) is 2.24. The van der Waals surface area contributed by atoms with Gasteiger partial charge in [0, 0.05) is 5.56 Å². The molecule has 2 rings (SSSR count). The Kier molecular flexibility index (Phi) is 2.07. The normalized spacial score (nSPS) is 10.3. The molecule has 0 aliphatic heterocycles. The SMILES string of the molecule is Cc1[nH]c(-c2ccccc2)nc1Cl. The van der Waals surface area contributed by atoms with Crippen molar-refractivity contribution in [3.05, 3.63) is 41.2 Å². The largest absolute Gasteiger partial charge is 0.341 e. The predicted molar refractivity (Wildman–Crippen MR) is 53.8 cm³/mol. The molecule has 66 valence electrons. The molecule has 0 unspecified atom stereocenters. The van der Waals surface area contributed by atoms with Crippen LogP contribution in [0.25, 0.3) is 11.4 Å². The number of hydrogen-bond acceptors (Lipinski definition) is 1. The van der Waals surface area contributed by atoms with Gasteiger partial charge in [0.1, 0.15) is 11.0 Å². The second kappa shape index (κ2) is 3.23. The van der Waals surface area contributed by atoms with Crippen molar-refractivity contribution < 1.29 is 0 Å². The first-order chi connectivity index (χ1) is 6.27. The molecule has 0 aliphatic carbocycles. The summed E-state index contributed by atoms with van der Waals surface area (Å²) in [6, 6.07) is 9.91. The van der Waals surface area contributed by atoms with E-state index < -0.39 is 0 Å². The molecule has 2 aromatic rings. The number of aromatic nitrogens is 2. The lowest BCUT2D eigenvalue weighted by Crippen LogP contribution is -1.78. The van der Waals surface area contributed by atoms with Gasteiger partial charge in [-0.05, 0) is 6.92 Å². The van der Waals surface area contributed by atoms with Gasteiger partial charge in [-0.15, -0.1) is 0 Å². The number of imidazole rings is 1. The van der Waals surface area contributed by atoms with Crippen LogP contribution in [0.2, 0.25) is 5.15 Å². The molecule has 3 heteroatoms. The molecule has 0 aliphatic rings. The summed E-state index contributed by atoms with van der Waals surface area (Å²) in [6.07, 6.45) is 0. The van der Waals surface area contributed by atoms with Gasteiger partial charge in [0.2, 0.25) is 0 Å². The zero-order chi connectivity index (χ0) is 9.26. The number of hydrogen-bond donors (Lipinski definition) is 1. The first-order valence-corrected chi connectivity index (χ1v) is 4.42. The summed E-state index contributed by atoms with van der Waals surface area (Å²) in [5, 5.41) is 0.541. The van der Waals surface area contributed by atoms with Crippen LogP contribution in [0.5, 0.6) is 0 Å². The zero-order valence-corrected chi connectivity index (χ0v) is 7.97. The highest BCUT2D eigenvalue weighted by Crippen LogP contribution is 2.19. The minimum atomic E-state index is 0.541. The maximum Gasteiger partial charge on any atom is 0.150 e. The lowest BCUT2D eigenvalue weighted by molar-refractivity contribution is 1.26. The minimum absolute atomic E-state index is 0.541. The van der Waals surface area contributed by atoms with Crippen molar-refractivity contribution in [2.75, 3.05) is 0 Å². The molecule has 0 saturated heterocycles. The van der Waals surface area contributed by atoms with Gasteiger partial charge in [0.05, 0.1) is 5.69 Å². The first-order valence-electron chi connectivity index (χ1n) is 4.05. The van der Waals surface area contributed by atoms with E-state index in [0.717, 1.165) is 17.1 Å². The van der Waals surface area contributed by atoms with E-state index in [-0.39, 0.29) is 0 Å². The Morgan fingerprint density at radius 3 is 2.46 bits per heavy atom. The lowest BCUT2D eigenvalue weighted by atomic mass is 10.2. The molecule has 13 heavy (non-hydrogen) atoms. The van der Waals surface area contributed by atoms with Crippen molar-refractivity contribution in [1.29, 1.82) is 0 Å². The molecule has 0 radical (unpaired) electrons. The summed E-state index contributed by atoms with van der Waals surface area (Å²) in [5.74, 6) is 0.822. The molecule has 0 amide bonds. The van der Waals surface area contributed by atoms with Gasteiger partial charge in [-0.25, -0.2) is 4.98 Å². The van der Waals surface area contributed by atoms with Crippen LogP contribution in [-0.2, 0) is 0 Å². The third-order valence-electron chi connectivity index (χ3n) is 1.87. The van der Waals surface area contributed by atoms with Crippen LogP contribution in [0.1, 0.15) is 5.69 Å². The van der Waals surface area contributed by atoms with Crippen molar-refractivity contribution in [2.45, 2.75) is 6.92 Å². The van der Waals surface area contributed by atoms with Crippen LogP contribution in [0.4, 0.5) is 0 Å². The average Bonchev–Trinajstić information content (AvgIpc) is 2.49. The van der Waals surface area contributed by atoms with E-state index in [1.807, 2.05) is 37.3 Å². The fraction of sp³-hybridized carbons (Fsp3) is 0.100. The maximum absolute atomic E-state index is 5.84. The van der Waals surface area contributed by atoms with E-state index in [2.05, 4.69) is 9.97 Å². The van der Waals surface area contributed by atoms with E-state index in [1.165, 1.54) is 0 Å². The first kappa shape index (κ1) is 8.32. The van der Waals surface area contributed by atoms with Crippen LogP contribution >= 0.6 is 11.6 Å². The van der Waals surface area contributed by atoms with Crippen molar-refractivity contribution in [2.24, 2.45) is 0 Å². The summed E-state index contributed by atoms with van der Waals surface area (Å²) in [6.45, 7) is 1.90. The predicted octanol–water partition coefficient (Wildman–Crippen LogP) is 3.04. The Morgan fingerprint density at radius 1 is 1.23 bits per heavy atom. The molecular formula is C10H9ClN2. The topological polar surface area (TPSA) is 28.7 Å². The van der Waals surface area contributed by atoms with Crippen LogP contribution in [0.15, 0.2) is 30.3 Å². The Morgan fingerprint density at radius 2 is 1.92 bits per heavy atom. The highest BCUT2D eigenvalue weighted by Gasteiger charge is 2.04. The highest BCUT2D eigenvalue weighted by atomic mass is 35.5. The summed E-state index contributed by atoms with van der Waals surface area (Å²) in [5.41, 5.74) is 1.96. The van der Waals surface area contributed by atoms with Crippen LogP contribution < -0.4 is 0 Å². The quantitative estimate of drug-likeness (QED) is 0.739. The molecule has 1 heterocycles. The average molecular weight is 193 g/mol. The van der Waals surface area contributed by atoms with E-state index in [4.69, 9.17) is 11.6 Å². The van der Waals surface area contributed by atoms with Crippen LogP contribution in [-0.4, -0.2) is 9.97 Å². The van der Waals surface area contributed by atoms with Gasteiger partial charge >= 0.3 is 0 Å². The van der Waals surface area contributed by atoms with Crippen LogP contribution in [0.3, 0.4) is 0 Å². The van der Waals surface area contributed by atoms with Crippen molar-refractivity contribution >= 4 is 11.6 Å². The van der Waals surface area contributed by atoms with E-state index in [1.54, 1.807) is 0 Å². The Labute approximate surface area is 81.6 Å². The van der Waals surface area contributed by atoms with Gasteiger partial charge in [-0.2, -0.15) is 0 Å². The monoisotopic (exact) mass is 192 g/mol. The van der Waals surface area contributed by atoms with E-state index in [0.29, 0.717) is 5.15 Å². The maximum atomic E-state index is 5.84. The molecule has 1 aromatic heterocycles. The smallest absolute Gasteiger partial charge is 0.150 e. The lowest BCUT2D eigenvalue weighted by Gasteiger charge is -1.93. The molecule has 0 atom stereocenters. The standard InChI is InChI=1S/C10H9ClN2/c1-7-9(11)13-10(12-7)8-5-3-2-4-6-8/h2-6H,1H3,(H,12,13). The molecule has 0 bridgehead atoms. The van der Waals surface area contributed by atoms with Gasteiger partial charge in [0.25, 0.3) is 0 Å². The summed E-state index contributed by atoms with van der Waals surface area (Å²) in [7, 11) is 0. The number of H-pyrrole nitrogens is 1. The summed E-state index contributed by atoms with van der Waals surface area (Å²) < 4.78 is 0. The number of nitrogens with one attached hydrogen (secondary N) is 1. The van der Waals surface area contributed by atoms with Gasteiger partial charge in [-0.1, -0.05) is 41.9 Å². The van der Waals surface area contributed by atoms with E-state index >= 15 is 0 Å². The number of aromatic amines is 1. The minimum Gasteiger partial charge on any atom is -0.341 e. The number of rotatable bonds is 1. The van der Waals surface area contributed by atoms with Crippen molar-refractivity contribution in [3.63, 3.8) is 0 Å². The number of nitrogens with zero attached hydrogens (tertiary/aromatic N) is 1. The highest BCUT2D eigenvalue weighted by molar-refractivity contribution is 6.30. The zero-order valence-electron chi connectivity index (χ0n) is 7.21. The third kappa shape index (κ3) is 1.58. The molecular weight excluding hydrogens is 184 g/mol. The fourth-order valence-electron chi connectivity index (χ4n) is 1.17. The molecule has 0 spiro atoms. The van der Waals surface area contributed by atoms with Crippen molar-refractivity contribution in [3.8, 4) is 11.4 Å². The number of benzene rings is 1. The Hall–Kier alpha value is -1.28. The Balaban J connectivity index is 2.48. The molecule has 1 N–H and O–H groups in total. The van der Waals surface area contributed by atoms with Crippen LogP contribution in [0, 0.1) is 6.92 Å². The Bertz CT molecular complexity index is 387. The van der Waals surface area contributed by atoms with E-state index in [9.17, 15) is 0 Å². The molecule has 0 saturated carbocycles. The second-order valence-corrected chi connectivity index (χ2v) is 3.23. The fourth-order valence-corrected chi connectivity index (χ4v) is 1.30. The number of aryl methyl sites for hydroxylation is 1. The van der Waals surface area contributed by atoms with Crippen molar-refractivity contribution in [1.82, 2.24) is 9.97 Å². The van der Waals surface area contributed by atoms with Gasteiger partial charge < -0.3 is 4.98 Å². The van der Waals surface area contributed by atoms with Gasteiger partial charge in [0.15, 0.2) is 0 Å². The summed E-state index contributed by atoms with van der Waals surface area (Å²) in [4.78, 5) is 7.31. The molecule has 1 aromatic carbocycles. The number of halogens is 1. The van der Waals surface area contributed by atoms with Gasteiger partial charge in [-0.3, -0.25) is 0 Å². The molecule has 0 fully saturated rings. The molecule has 2 nitrogen and oxygen atoms in total. The summed E-state index contributed by atoms with van der Waals surface area (Å²) >= 11 is 5.84. The second-order valence-electron chi connectivity index (χ2n) is 2.87.